The minimum Gasteiger partial charge on any atom is -0.497 e. The van der Waals surface area contributed by atoms with Gasteiger partial charge in [0.1, 0.15) is 18.3 Å². The van der Waals surface area contributed by atoms with E-state index in [1.54, 1.807) is 48.5 Å². The molecular weight excluding hydrogens is 490 g/mol. The second-order valence-electron chi connectivity index (χ2n) is 8.15. The molecule has 0 saturated heterocycles. The molecule has 1 atom stereocenters. The Hall–Kier alpha value is -2.78. The number of amides is 2. The Morgan fingerprint density at radius 1 is 1.09 bits per heavy atom. The zero-order valence-corrected chi connectivity index (χ0v) is 22.2. The minimum absolute atomic E-state index is 0.0679. The summed E-state index contributed by atoms with van der Waals surface area (Å²) in [5, 5.41) is 3.35. The number of benzene rings is 2. The van der Waals surface area contributed by atoms with Crippen molar-refractivity contribution in [2.24, 2.45) is 0 Å². The van der Waals surface area contributed by atoms with E-state index < -0.39 is 28.5 Å². The van der Waals surface area contributed by atoms with Crippen molar-refractivity contribution in [3.63, 3.8) is 0 Å². The maximum atomic E-state index is 13.6. The zero-order valence-electron chi connectivity index (χ0n) is 20.7. The van der Waals surface area contributed by atoms with Gasteiger partial charge in [-0.1, -0.05) is 50.1 Å². The van der Waals surface area contributed by atoms with Crippen LogP contribution in [0.15, 0.2) is 48.5 Å². The molecule has 2 amide bonds. The van der Waals surface area contributed by atoms with Crippen LogP contribution < -0.4 is 14.4 Å². The molecule has 0 spiro atoms. The van der Waals surface area contributed by atoms with Crippen LogP contribution in [0.3, 0.4) is 0 Å². The van der Waals surface area contributed by atoms with Crippen LogP contribution in [0, 0.1) is 0 Å². The lowest BCUT2D eigenvalue weighted by Gasteiger charge is -2.33. The summed E-state index contributed by atoms with van der Waals surface area (Å²) in [6.07, 6.45) is 3.14. The Bertz CT molecular complexity index is 1090. The highest BCUT2D eigenvalue weighted by Crippen LogP contribution is 2.24. The summed E-state index contributed by atoms with van der Waals surface area (Å²) in [6, 6.07) is 12.7. The molecule has 0 aliphatic rings. The van der Waals surface area contributed by atoms with Gasteiger partial charge in [0, 0.05) is 18.1 Å². The fraction of sp³-hybridized carbons (Fsp3) is 0.440. The van der Waals surface area contributed by atoms with E-state index in [1.165, 1.54) is 12.0 Å². The van der Waals surface area contributed by atoms with E-state index in [0.29, 0.717) is 35.0 Å². The second-order valence-corrected chi connectivity index (χ2v) is 10.5. The molecule has 0 unspecified atom stereocenters. The zero-order chi connectivity index (χ0) is 26.0. The molecule has 0 saturated carbocycles. The number of methoxy groups -OCH3 is 1. The topological polar surface area (TPSA) is 96.0 Å². The normalized spacial score (nSPS) is 12.0. The number of carbonyl (C=O) groups is 2. The molecule has 0 heterocycles. The molecule has 0 aromatic heterocycles. The van der Waals surface area contributed by atoms with Crippen molar-refractivity contribution in [2.75, 3.05) is 30.8 Å². The average Bonchev–Trinajstić information content (AvgIpc) is 2.83. The lowest BCUT2D eigenvalue weighted by molar-refractivity contribution is -0.140. The molecule has 0 aliphatic heterocycles. The average molecular weight is 524 g/mol. The number of halogens is 1. The Morgan fingerprint density at radius 3 is 2.29 bits per heavy atom. The molecule has 0 fully saturated rings. The number of carbonyl (C=O) groups excluding carboxylic acids is 2. The number of anilines is 1. The van der Waals surface area contributed by atoms with Gasteiger partial charge in [0.2, 0.25) is 21.8 Å². The van der Waals surface area contributed by atoms with Crippen LogP contribution in [-0.2, 0) is 26.2 Å². The molecule has 8 nitrogen and oxygen atoms in total. The number of hydrogen-bond donors (Lipinski definition) is 1. The van der Waals surface area contributed by atoms with Crippen LogP contribution in [-0.4, -0.2) is 57.6 Å². The van der Waals surface area contributed by atoms with E-state index >= 15 is 0 Å². The largest absolute Gasteiger partial charge is 0.497 e. The maximum absolute atomic E-state index is 13.6. The molecule has 1 N–H and O–H groups in total. The number of sulfonamides is 1. The molecule has 2 rings (SSSR count). The van der Waals surface area contributed by atoms with Crippen LogP contribution in [0.4, 0.5) is 5.69 Å². The van der Waals surface area contributed by atoms with Gasteiger partial charge in [-0.25, -0.2) is 8.42 Å². The molecular formula is C25H34ClN3O5S. The second kappa shape index (κ2) is 13.3. The predicted octanol–water partition coefficient (Wildman–Crippen LogP) is 3.84. The van der Waals surface area contributed by atoms with Crippen molar-refractivity contribution >= 4 is 39.1 Å². The third kappa shape index (κ3) is 8.14. The summed E-state index contributed by atoms with van der Waals surface area (Å²) in [5.74, 6) is -0.232. The highest BCUT2D eigenvalue weighted by atomic mass is 35.5. The van der Waals surface area contributed by atoms with Gasteiger partial charge in [-0.15, -0.1) is 0 Å². The number of nitrogens with zero attached hydrogens (tertiary/aromatic N) is 2. The van der Waals surface area contributed by atoms with Gasteiger partial charge in [-0.2, -0.15) is 0 Å². The van der Waals surface area contributed by atoms with Gasteiger partial charge in [-0.3, -0.25) is 13.9 Å². The van der Waals surface area contributed by atoms with Crippen molar-refractivity contribution in [3.8, 4) is 5.75 Å². The van der Waals surface area contributed by atoms with Crippen molar-refractivity contribution in [1.82, 2.24) is 10.2 Å². The molecule has 0 bridgehead atoms. The number of ether oxygens (including phenoxy) is 1. The van der Waals surface area contributed by atoms with Crippen molar-refractivity contribution in [2.45, 2.75) is 45.7 Å². The van der Waals surface area contributed by atoms with Gasteiger partial charge in [-0.05, 0) is 48.7 Å². The molecule has 2 aromatic carbocycles. The third-order valence-electron chi connectivity index (χ3n) is 5.55. The first-order valence-electron chi connectivity index (χ1n) is 11.5. The van der Waals surface area contributed by atoms with Crippen LogP contribution >= 0.6 is 11.6 Å². The monoisotopic (exact) mass is 523 g/mol. The number of hydrogen-bond acceptors (Lipinski definition) is 5. The van der Waals surface area contributed by atoms with E-state index in [9.17, 15) is 18.0 Å². The Kier molecular flexibility index (Phi) is 10.9. The van der Waals surface area contributed by atoms with Gasteiger partial charge >= 0.3 is 0 Å². The Balaban J connectivity index is 2.40. The number of rotatable bonds is 13. The van der Waals surface area contributed by atoms with Crippen molar-refractivity contribution in [1.29, 1.82) is 0 Å². The molecule has 2 aromatic rings. The van der Waals surface area contributed by atoms with Gasteiger partial charge < -0.3 is 15.0 Å². The molecule has 35 heavy (non-hydrogen) atoms. The van der Waals surface area contributed by atoms with E-state index in [1.807, 2.05) is 13.8 Å². The van der Waals surface area contributed by atoms with Crippen LogP contribution in [0.2, 0.25) is 5.02 Å². The summed E-state index contributed by atoms with van der Waals surface area (Å²) >= 11 is 6.35. The summed E-state index contributed by atoms with van der Waals surface area (Å²) in [7, 11) is -2.29. The highest BCUT2D eigenvalue weighted by molar-refractivity contribution is 7.92. The van der Waals surface area contributed by atoms with Crippen molar-refractivity contribution in [3.05, 3.63) is 59.1 Å². The number of nitrogens with one attached hydrogen (secondary N) is 1. The van der Waals surface area contributed by atoms with E-state index in [2.05, 4.69) is 5.32 Å². The lowest BCUT2D eigenvalue weighted by Crippen LogP contribution is -2.52. The Morgan fingerprint density at radius 2 is 1.74 bits per heavy atom. The Labute approximate surface area is 213 Å². The van der Waals surface area contributed by atoms with E-state index in [4.69, 9.17) is 16.3 Å². The fourth-order valence-corrected chi connectivity index (χ4v) is 4.64. The minimum atomic E-state index is -3.80. The van der Waals surface area contributed by atoms with E-state index in [-0.39, 0.29) is 12.5 Å². The van der Waals surface area contributed by atoms with E-state index in [0.717, 1.165) is 23.4 Å². The first kappa shape index (κ1) is 28.5. The van der Waals surface area contributed by atoms with Crippen LogP contribution in [0.25, 0.3) is 0 Å². The fourth-order valence-electron chi connectivity index (χ4n) is 3.60. The van der Waals surface area contributed by atoms with Crippen LogP contribution in [0.5, 0.6) is 5.75 Å². The van der Waals surface area contributed by atoms with Gasteiger partial charge in [0.15, 0.2) is 0 Å². The quantitative estimate of drug-likeness (QED) is 0.402. The molecule has 10 heteroatoms. The summed E-state index contributed by atoms with van der Waals surface area (Å²) in [5.41, 5.74) is 0.984. The molecule has 192 valence electrons. The smallest absolute Gasteiger partial charge is 0.244 e. The standard InChI is InChI=1S/C25H34ClN3O5S/c1-5-7-16-27-25(31)23(6-2)28(17-19-10-8-9-11-22(19)26)24(30)18-29(35(4,32)33)20-12-14-21(34-3)15-13-20/h8-15,23H,5-7,16-18H2,1-4H3,(H,27,31)/t23-/m1/s1. The van der Waals surface area contributed by atoms with Gasteiger partial charge in [0.05, 0.1) is 19.1 Å². The number of unbranched alkanes of at least 4 members (excludes halogenated alkanes) is 1. The molecule has 0 radical (unpaired) electrons. The summed E-state index contributed by atoms with van der Waals surface area (Å²) in [6.45, 7) is 3.94. The maximum Gasteiger partial charge on any atom is 0.244 e. The summed E-state index contributed by atoms with van der Waals surface area (Å²) in [4.78, 5) is 28.0. The van der Waals surface area contributed by atoms with Crippen LogP contribution in [0.1, 0.15) is 38.7 Å². The predicted molar refractivity (Wildman–Crippen MR) is 139 cm³/mol. The first-order chi connectivity index (χ1) is 16.6. The highest BCUT2D eigenvalue weighted by Gasteiger charge is 2.32. The van der Waals surface area contributed by atoms with Crippen molar-refractivity contribution < 1.29 is 22.7 Å². The lowest BCUT2D eigenvalue weighted by atomic mass is 10.1. The first-order valence-corrected chi connectivity index (χ1v) is 13.8. The van der Waals surface area contributed by atoms with Gasteiger partial charge in [0.25, 0.3) is 0 Å². The summed E-state index contributed by atoms with van der Waals surface area (Å²) < 4.78 is 31.4. The SMILES string of the molecule is CCCCNC(=O)[C@@H](CC)N(Cc1ccccc1Cl)C(=O)CN(c1ccc(OC)cc1)S(C)(=O)=O. The third-order valence-corrected chi connectivity index (χ3v) is 7.06. The molecule has 0 aliphatic carbocycles.